The van der Waals surface area contributed by atoms with Crippen molar-refractivity contribution in [2.24, 2.45) is 0 Å². The predicted molar refractivity (Wildman–Crippen MR) is 91.7 cm³/mol. The summed E-state index contributed by atoms with van der Waals surface area (Å²) < 4.78 is 7.10. The number of rotatable bonds is 6. The molecule has 0 amide bonds. The number of fused-ring (bicyclic) bond motifs is 3. The lowest BCUT2D eigenvalue weighted by atomic mass is 10.1. The summed E-state index contributed by atoms with van der Waals surface area (Å²) in [5, 5.41) is 6.68. The van der Waals surface area contributed by atoms with Crippen molar-refractivity contribution in [1.82, 2.24) is 4.98 Å². The summed E-state index contributed by atoms with van der Waals surface area (Å²) in [7, 11) is 0. The molecule has 3 nitrogen and oxygen atoms in total. The minimum Gasteiger partial charge on any atom is -0.493 e. The number of anilines is 1. The molecule has 0 fully saturated rings. The normalized spacial score (nSPS) is 11.1. The van der Waals surface area contributed by atoms with Crippen LogP contribution in [-0.2, 0) is 0 Å². The summed E-state index contributed by atoms with van der Waals surface area (Å²) in [6.07, 6.45) is 2.11. The van der Waals surface area contributed by atoms with Crippen LogP contribution in [0.25, 0.3) is 21.0 Å². The zero-order valence-corrected chi connectivity index (χ0v) is 13.3. The van der Waals surface area contributed by atoms with E-state index < -0.39 is 0 Å². The second-order valence-corrected chi connectivity index (χ2v) is 6.09. The molecule has 0 bridgehead atoms. The minimum atomic E-state index is 0.745. The summed E-state index contributed by atoms with van der Waals surface area (Å²) in [4.78, 5) is 4.75. The Hall–Kier alpha value is -1.81. The summed E-state index contributed by atoms with van der Waals surface area (Å²) in [6, 6.07) is 10.5. The van der Waals surface area contributed by atoms with Gasteiger partial charge >= 0.3 is 0 Å². The van der Waals surface area contributed by atoms with Crippen LogP contribution in [0.2, 0.25) is 0 Å². The van der Waals surface area contributed by atoms with Gasteiger partial charge in [-0.25, -0.2) is 4.98 Å². The number of ether oxygens (including phenoxy) is 1. The Morgan fingerprint density at radius 1 is 1.14 bits per heavy atom. The van der Waals surface area contributed by atoms with E-state index in [0.29, 0.717) is 0 Å². The maximum Gasteiger partial charge on any atom is 0.183 e. The molecule has 1 heterocycles. The molecule has 1 N–H and O–H groups in total. The molecule has 0 aliphatic heterocycles. The smallest absolute Gasteiger partial charge is 0.183 e. The highest BCUT2D eigenvalue weighted by Gasteiger charge is 2.11. The molecule has 0 atom stereocenters. The molecule has 4 heteroatoms. The van der Waals surface area contributed by atoms with E-state index in [1.807, 2.05) is 0 Å². The molecule has 2 aromatic carbocycles. The molecule has 1 aromatic heterocycles. The summed E-state index contributed by atoms with van der Waals surface area (Å²) in [5.41, 5.74) is 1.07. The van der Waals surface area contributed by atoms with Gasteiger partial charge in [-0.15, -0.1) is 0 Å². The number of nitrogens with one attached hydrogen (secondary N) is 1. The van der Waals surface area contributed by atoms with Gasteiger partial charge in [0.15, 0.2) is 5.13 Å². The fraction of sp³-hybridized carbons (Fsp3) is 0.353. The highest BCUT2D eigenvalue weighted by Crippen LogP contribution is 2.37. The third kappa shape index (κ3) is 2.81. The fourth-order valence-corrected chi connectivity index (χ4v) is 3.30. The average molecular weight is 300 g/mol. The van der Waals surface area contributed by atoms with Gasteiger partial charge in [-0.2, -0.15) is 0 Å². The summed E-state index contributed by atoms with van der Waals surface area (Å²) in [5.74, 6) is 0.964. The zero-order valence-electron chi connectivity index (χ0n) is 12.5. The SMILES string of the molecule is CCCNc1nc2c(cc(OCCC)c3ccccc32)s1. The van der Waals surface area contributed by atoms with Gasteiger partial charge in [-0.3, -0.25) is 0 Å². The zero-order chi connectivity index (χ0) is 14.7. The summed E-state index contributed by atoms with van der Waals surface area (Å²) >= 11 is 1.70. The quantitative estimate of drug-likeness (QED) is 0.691. The van der Waals surface area contributed by atoms with Crippen molar-refractivity contribution in [3.63, 3.8) is 0 Å². The summed E-state index contributed by atoms with van der Waals surface area (Å²) in [6.45, 7) is 5.98. The highest BCUT2D eigenvalue weighted by atomic mass is 32.1. The Bertz CT molecular complexity index is 751. The first-order chi connectivity index (χ1) is 10.3. The van der Waals surface area contributed by atoms with Gasteiger partial charge < -0.3 is 10.1 Å². The van der Waals surface area contributed by atoms with Crippen LogP contribution in [0, 0.1) is 0 Å². The van der Waals surface area contributed by atoms with Gasteiger partial charge in [0.25, 0.3) is 0 Å². The van der Waals surface area contributed by atoms with E-state index in [4.69, 9.17) is 9.72 Å². The van der Waals surface area contributed by atoms with Crippen LogP contribution in [-0.4, -0.2) is 18.1 Å². The molecular formula is C17H20N2OS. The van der Waals surface area contributed by atoms with Gasteiger partial charge in [-0.05, 0) is 12.8 Å². The molecule has 0 saturated carbocycles. The average Bonchev–Trinajstić information content (AvgIpc) is 2.93. The van der Waals surface area contributed by atoms with Crippen molar-refractivity contribution in [3.8, 4) is 5.75 Å². The number of nitrogens with zero attached hydrogens (tertiary/aromatic N) is 1. The number of thiazole rings is 1. The van der Waals surface area contributed by atoms with Crippen LogP contribution in [0.3, 0.4) is 0 Å². The largest absolute Gasteiger partial charge is 0.493 e. The molecule has 0 spiro atoms. The molecule has 3 aromatic rings. The molecule has 0 aliphatic carbocycles. The number of hydrogen-bond acceptors (Lipinski definition) is 4. The van der Waals surface area contributed by atoms with Gasteiger partial charge in [0, 0.05) is 23.4 Å². The Labute approximate surface area is 129 Å². The Balaban J connectivity index is 2.13. The van der Waals surface area contributed by atoms with Crippen molar-refractivity contribution in [2.45, 2.75) is 26.7 Å². The first-order valence-corrected chi connectivity index (χ1v) is 8.34. The molecule has 0 saturated heterocycles. The van der Waals surface area contributed by atoms with E-state index in [1.54, 1.807) is 11.3 Å². The van der Waals surface area contributed by atoms with Gasteiger partial charge in [0.05, 0.1) is 16.8 Å². The number of hydrogen-bond donors (Lipinski definition) is 1. The lowest BCUT2D eigenvalue weighted by Crippen LogP contribution is -1.98. The van der Waals surface area contributed by atoms with Crippen LogP contribution >= 0.6 is 11.3 Å². The maximum atomic E-state index is 5.93. The van der Waals surface area contributed by atoms with Gasteiger partial charge in [-0.1, -0.05) is 49.4 Å². The van der Waals surface area contributed by atoms with Crippen LogP contribution in [0.4, 0.5) is 5.13 Å². The van der Waals surface area contributed by atoms with E-state index in [9.17, 15) is 0 Å². The Morgan fingerprint density at radius 3 is 2.71 bits per heavy atom. The lowest BCUT2D eigenvalue weighted by Gasteiger charge is -2.08. The van der Waals surface area contributed by atoms with Crippen LogP contribution < -0.4 is 10.1 Å². The lowest BCUT2D eigenvalue weighted by molar-refractivity contribution is 0.321. The molecule has 21 heavy (non-hydrogen) atoms. The first kappa shape index (κ1) is 14.1. The number of benzene rings is 2. The van der Waals surface area contributed by atoms with E-state index >= 15 is 0 Å². The van der Waals surface area contributed by atoms with E-state index in [2.05, 4.69) is 49.5 Å². The topological polar surface area (TPSA) is 34.2 Å². The molecule has 0 unspecified atom stereocenters. The minimum absolute atomic E-state index is 0.745. The molecule has 3 rings (SSSR count). The molecule has 110 valence electrons. The standard InChI is InChI=1S/C17H20N2OS/c1-3-9-18-17-19-16-13-8-6-5-7-12(13)14(20-10-4-2)11-15(16)21-17/h5-8,11H,3-4,9-10H2,1-2H3,(H,18,19). The van der Waals surface area contributed by atoms with Crippen molar-refractivity contribution in [3.05, 3.63) is 30.3 Å². The van der Waals surface area contributed by atoms with Crippen molar-refractivity contribution >= 4 is 37.5 Å². The van der Waals surface area contributed by atoms with Crippen LogP contribution in [0.15, 0.2) is 30.3 Å². The molecule has 0 radical (unpaired) electrons. The van der Waals surface area contributed by atoms with E-state index in [1.165, 1.54) is 10.1 Å². The van der Waals surface area contributed by atoms with Crippen molar-refractivity contribution in [2.75, 3.05) is 18.5 Å². The Kier molecular flexibility index (Phi) is 4.25. The van der Waals surface area contributed by atoms with Gasteiger partial charge in [0.2, 0.25) is 0 Å². The van der Waals surface area contributed by atoms with E-state index in [0.717, 1.165) is 47.8 Å². The third-order valence-electron chi connectivity index (χ3n) is 3.35. The van der Waals surface area contributed by atoms with Crippen LogP contribution in [0.5, 0.6) is 5.75 Å². The predicted octanol–water partition coefficient (Wildman–Crippen LogP) is 5.06. The van der Waals surface area contributed by atoms with E-state index in [-0.39, 0.29) is 0 Å². The second-order valence-electron chi connectivity index (χ2n) is 5.06. The third-order valence-corrected chi connectivity index (χ3v) is 4.31. The molecular weight excluding hydrogens is 280 g/mol. The van der Waals surface area contributed by atoms with Gasteiger partial charge in [0.1, 0.15) is 5.75 Å². The second kappa shape index (κ2) is 6.31. The van der Waals surface area contributed by atoms with Crippen LogP contribution in [0.1, 0.15) is 26.7 Å². The number of aromatic nitrogens is 1. The fourth-order valence-electron chi connectivity index (χ4n) is 2.36. The Morgan fingerprint density at radius 2 is 1.95 bits per heavy atom. The molecule has 0 aliphatic rings. The van der Waals surface area contributed by atoms with Crippen molar-refractivity contribution in [1.29, 1.82) is 0 Å². The maximum absolute atomic E-state index is 5.93. The monoisotopic (exact) mass is 300 g/mol. The first-order valence-electron chi connectivity index (χ1n) is 7.52. The highest BCUT2D eigenvalue weighted by molar-refractivity contribution is 7.22. The van der Waals surface area contributed by atoms with Crippen molar-refractivity contribution < 1.29 is 4.74 Å².